The van der Waals surface area contributed by atoms with E-state index in [4.69, 9.17) is 14.6 Å². The number of ether oxygens (including phenoxy) is 2. The van der Waals surface area contributed by atoms with Crippen molar-refractivity contribution in [1.82, 2.24) is 4.90 Å². The zero-order chi connectivity index (χ0) is 11.5. The van der Waals surface area contributed by atoms with E-state index in [1.54, 1.807) is 0 Å². The molecule has 0 aromatic heterocycles. The molecule has 0 aliphatic carbocycles. The number of hydrogen-bond donors (Lipinski definition) is 1. The van der Waals surface area contributed by atoms with Crippen LogP contribution in [0.4, 0.5) is 4.79 Å². The number of rotatable bonds is 4. The molecule has 1 amide bonds. The van der Waals surface area contributed by atoms with Crippen molar-refractivity contribution in [3.8, 4) is 0 Å². The molecule has 0 bridgehead atoms. The largest absolute Gasteiger partial charge is 0.479 e. The first kappa shape index (κ1) is 11.5. The summed E-state index contributed by atoms with van der Waals surface area (Å²) in [5.74, 6) is -1.07. The van der Waals surface area contributed by atoms with Gasteiger partial charge < -0.3 is 19.5 Å². The third kappa shape index (κ3) is 2.10. The zero-order valence-electron chi connectivity index (χ0n) is 8.43. The van der Waals surface area contributed by atoms with Crippen molar-refractivity contribution in [2.24, 2.45) is 0 Å². The average Bonchev–Trinajstić information content (AvgIpc) is 2.13. The van der Waals surface area contributed by atoms with Crippen LogP contribution in [-0.4, -0.2) is 54.5 Å². The molecule has 0 aromatic carbocycles. The molecular weight excluding hydrogens is 202 g/mol. The Morgan fingerprint density at radius 3 is 2.60 bits per heavy atom. The van der Waals surface area contributed by atoms with Gasteiger partial charge in [-0.05, 0) is 0 Å². The predicted molar refractivity (Wildman–Crippen MR) is 50.5 cm³/mol. The summed E-state index contributed by atoms with van der Waals surface area (Å²) in [5.41, 5.74) is -1.27. The number of methoxy groups -OCH3 is 1. The number of hydrogen-bond acceptors (Lipinski definition) is 4. The highest BCUT2D eigenvalue weighted by atomic mass is 16.6. The van der Waals surface area contributed by atoms with Crippen molar-refractivity contribution in [3.05, 3.63) is 12.7 Å². The topological polar surface area (TPSA) is 76.1 Å². The minimum atomic E-state index is -1.27. The highest BCUT2D eigenvalue weighted by Gasteiger charge is 2.52. The molecule has 6 heteroatoms. The monoisotopic (exact) mass is 215 g/mol. The average molecular weight is 215 g/mol. The molecule has 0 spiro atoms. The molecule has 1 saturated heterocycles. The fourth-order valence-electron chi connectivity index (χ4n) is 1.27. The van der Waals surface area contributed by atoms with Crippen molar-refractivity contribution < 1.29 is 24.2 Å². The molecule has 1 fully saturated rings. The van der Waals surface area contributed by atoms with E-state index in [1.807, 2.05) is 0 Å². The first-order valence-corrected chi connectivity index (χ1v) is 4.37. The lowest BCUT2D eigenvalue weighted by atomic mass is 9.95. The first-order chi connectivity index (χ1) is 7.05. The number of likely N-dealkylation sites (tertiary alicyclic amines) is 1. The second kappa shape index (κ2) is 4.31. The maximum absolute atomic E-state index is 11.2. The molecule has 6 nitrogen and oxygen atoms in total. The maximum atomic E-state index is 11.2. The van der Waals surface area contributed by atoms with Crippen molar-refractivity contribution in [2.45, 2.75) is 5.60 Å². The van der Waals surface area contributed by atoms with Gasteiger partial charge >= 0.3 is 12.1 Å². The van der Waals surface area contributed by atoms with Crippen LogP contribution in [0.2, 0.25) is 0 Å². The van der Waals surface area contributed by atoms with Gasteiger partial charge in [0.2, 0.25) is 0 Å². The van der Waals surface area contributed by atoms with Crippen LogP contribution in [0, 0.1) is 0 Å². The van der Waals surface area contributed by atoms with Crippen LogP contribution >= 0.6 is 0 Å². The standard InChI is InChI=1S/C9H13NO5/c1-3-4-15-8(13)10-5-9(6-10,14-2)7(11)12/h3H,1,4-6H2,2H3,(H,11,12). The van der Waals surface area contributed by atoms with Crippen LogP contribution in [-0.2, 0) is 14.3 Å². The highest BCUT2D eigenvalue weighted by Crippen LogP contribution is 2.25. The van der Waals surface area contributed by atoms with Gasteiger partial charge in [0.1, 0.15) is 6.61 Å². The third-order valence-electron chi connectivity index (χ3n) is 2.26. The van der Waals surface area contributed by atoms with Crippen LogP contribution in [0.15, 0.2) is 12.7 Å². The van der Waals surface area contributed by atoms with Crippen LogP contribution in [0.5, 0.6) is 0 Å². The summed E-state index contributed by atoms with van der Waals surface area (Å²) in [7, 11) is 1.31. The molecule has 0 unspecified atom stereocenters. The van der Waals surface area contributed by atoms with E-state index < -0.39 is 17.7 Å². The summed E-state index contributed by atoms with van der Waals surface area (Å²) in [6.07, 6.45) is 0.891. The Labute approximate surface area is 87.1 Å². The molecule has 1 heterocycles. The van der Waals surface area contributed by atoms with Gasteiger partial charge in [0.25, 0.3) is 0 Å². The molecule has 1 aliphatic heterocycles. The molecule has 0 atom stereocenters. The molecule has 15 heavy (non-hydrogen) atoms. The third-order valence-corrected chi connectivity index (χ3v) is 2.26. The molecule has 0 saturated carbocycles. The van der Waals surface area contributed by atoms with Gasteiger partial charge in [-0.1, -0.05) is 12.7 Å². The van der Waals surface area contributed by atoms with Crippen LogP contribution in [0.1, 0.15) is 0 Å². The lowest BCUT2D eigenvalue weighted by Crippen LogP contribution is -2.68. The number of amides is 1. The molecular formula is C9H13NO5. The van der Waals surface area contributed by atoms with E-state index >= 15 is 0 Å². The Morgan fingerprint density at radius 1 is 1.60 bits per heavy atom. The minimum absolute atomic E-state index is 0.00874. The Balaban J connectivity index is 2.44. The van der Waals surface area contributed by atoms with E-state index in [9.17, 15) is 9.59 Å². The minimum Gasteiger partial charge on any atom is -0.479 e. The number of carbonyl (C=O) groups excluding carboxylic acids is 1. The highest BCUT2D eigenvalue weighted by molar-refractivity contribution is 5.83. The molecule has 1 rings (SSSR count). The Hall–Kier alpha value is -1.56. The van der Waals surface area contributed by atoms with Crippen LogP contribution < -0.4 is 0 Å². The second-order valence-corrected chi connectivity index (χ2v) is 3.23. The van der Waals surface area contributed by atoms with Gasteiger partial charge in [0.15, 0.2) is 5.60 Å². The van der Waals surface area contributed by atoms with E-state index in [1.165, 1.54) is 18.1 Å². The smallest absolute Gasteiger partial charge is 0.410 e. The Bertz CT molecular complexity index is 282. The van der Waals surface area contributed by atoms with Crippen molar-refractivity contribution in [2.75, 3.05) is 26.8 Å². The fourth-order valence-corrected chi connectivity index (χ4v) is 1.27. The zero-order valence-corrected chi connectivity index (χ0v) is 8.43. The van der Waals surface area contributed by atoms with Gasteiger partial charge in [0.05, 0.1) is 13.1 Å². The number of nitrogens with zero attached hydrogens (tertiary/aromatic N) is 1. The Morgan fingerprint density at radius 2 is 2.20 bits per heavy atom. The number of aliphatic carboxylic acids is 1. The van der Waals surface area contributed by atoms with Gasteiger partial charge in [-0.15, -0.1) is 0 Å². The number of carbonyl (C=O) groups is 2. The first-order valence-electron chi connectivity index (χ1n) is 4.37. The lowest BCUT2D eigenvalue weighted by molar-refractivity contribution is -0.181. The number of carboxylic acid groups (broad SMARTS) is 1. The van der Waals surface area contributed by atoms with Gasteiger partial charge in [-0.3, -0.25) is 0 Å². The quantitative estimate of drug-likeness (QED) is 0.673. The van der Waals surface area contributed by atoms with E-state index in [0.29, 0.717) is 0 Å². The van der Waals surface area contributed by atoms with Crippen molar-refractivity contribution >= 4 is 12.1 Å². The summed E-state index contributed by atoms with van der Waals surface area (Å²) in [6.45, 7) is 3.53. The normalized spacial score (nSPS) is 17.8. The van der Waals surface area contributed by atoms with E-state index in [0.717, 1.165) is 0 Å². The molecule has 1 aliphatic rings. The Kier molecular flexibility index (Phi) is 3.31. The molecule has 0 radical (unpaired) electrons. The predicted octanol–water partition coefficient (Wildman–Crippen LogP) is 0.0944. The van der Waals surface area contributed by atoms with Gasteiger partial charge in [0, 0.05) is 7.11 Å². The molecule has 84 valence electrons. The van der Waals surface area contributed by atoms with E-state index in [-0.39, 0.29) is 19.7 Å². The molecule has 0 aromatic rings. The van der Waals surface area contributed by atoms with Crippen LogP contribution in [0.25, 0.3) is 0 Å². The van der Waals surface area contributed by atoms with Gasteiger partial charge in [-0.2, -0.15) is 0 Å². The van der Waals surface area contributed by atoms with E-state index in [2.05, 4.69) is 6.58 Å². The summed E-state index contributed by atoms with van der Waals surface area (Å²) >= 11 is 0. The van der Waals surface area contributed by atoms with Crippen molar-refractivity contribution in [1.29, 1.82) is 0 Å². The summed E-state index contributed by atoms with van der Waals surface area (Å²) < 4.78 is 9.58. The number of carboxylic acids is 1. The summed E-state index contributed by atoms with van der Waals surface area (Å²) in [4.78, 5) is 23.3. The fraction of sp³-hybridized carbons (Fsp3) is 0.556. The molecule has 1 N–H and O–H groups in total. The van der Waals surface area contributed by atoms with Gasteiger partial charge in [-0.25, -0.2) is 9.59 Å². The second-order valence-electron chi connectivity index (χ2n) is 3.23. The maximum Gasteiger partial charge on any atom is 0.410 e. The summed E-state index contributed by atoms with van der Waals surface area (Å²) in [6, 6.07) is 0. The van der Waals surface area contributed by atoms with Crippen LogP contribution in [0.3, 0.4) is 0 Å². The SMILES string of the molecule is C=CCOC(=O)N1CC(OC)(C(=O)O)C1. The lowest BCUT2D eigenvalue weighted by Gasteiger charge is -2.44. The summed E-state index contributed by atoms with van der Waals surface area (Å²) in [5, 5.41) is 8.84. The van der Waals surface area contributed by atoms with Crippen molar-refractivity contribution in [3.63, 3.8) is 0 Å².